The first-order chi connectivity index (χ1) is 9.29. The Morgan fingerprint density at radius 2 is 2.25 bits per heavy atom. The molecule has 1 aliphatic heterocycles. The van der Waals surface area contributed by atoms with Crippen LogP contribution in [0.25, 0.3) is 0 Å². The van der Waals surface area contributed by atoms with Gasteiger partial charge in [0.25, 0.3) is 0 Å². The van der Waals surface area contributed by atoms with E-state index in [-0.39, 0.29) is 12.6 Å². The molecule has 20 heavy (non-hydrogen) atoms. The number of thiophene rings is 1. The van der Waals surface area contributed by atoms with Crippen LogP contribution in [0, 0.1) is 0 Å². The summed E-state index contributed by atoms with van der Waals surface area (Å²) < 4.78 is 37.2. The van der Waals surface area contributed by atoms with E-state index in [9.17, 15) is 18.0 Å². The third kappa shape index (κ3) is 3.32. The topological polar surface area (TPSA) is 23.6 Å². The fourth-order valence-corrected chi connectivity index (χ4v) is 3.31. The lowest BCUT2D eigenvalue weighted by atomic mass is 10.1. The van der Waals surface area contributed by atoms with Gasteiger partial charge in [-0.05, 0) is 31.8 Å². The Balaban J connectivity index is 2.02. The largest absolute Gasteiger partial charge is 0.406 e. The van der Waals surface area contributed by atoms with Crippen molar-refractivity contribution in [1.29, 1.82) is 0 Å². The zero-order valence-electron chi connectivity index (χ0n) is 11.4. The van der Waals surface area contributed by atoms with Crippen LogP contribution in [0.2, 0.25) is 0 Å². The van der Waals surface area contributed by atoms with E-state index in [1.807, 2.05) is 29.3 Å². The molecular weight excluding hydrogens is 289 g/mol. The molecule has 1 saturated heterocycles. The van der Waals surface area contributed by atoms with Gasteiger partial charge in [-0.1, -0.05) is 6.07 Å². The molecule has 1 amide bonds. The van der Waals surface area contributed by atoms with Crippen LogP contribution < -0.4 is 0 Å². The Hall–Kier alpha value is -1.08. The molecule has 3 nitrogen and oxygen atoms in total. The summed E-state index contributed by atoms with van der Waals surface area (Å²) in [6, 6.07) is 3.46. The van der Waals surface area contributed by atoms with E-state index in [0.717, 1.165) is 9.78 Å². The average molecular weight is 306 g/mol. The number of nitrogens with zero attached hydrogens (tertiary/aromatic N) is 2. The van der Waals surface area contributed by atoms with Crippen molar-refractivity contribution in [2.45, 2.75) is 31.6 Å². The first-order valence-corrected chi connectivity index (χ1v) is 7.28. The average Bonchev–Trinajstić information content (AvgIpc) is 2.97. The SMILES string of the molecule is C[C@@H](c1cccs1)N(C)[C@@H]1CCN(CC(F)(F)F)C1=O. The van der Waals surface area contributed by atoms with E-state index in [1.165, 1.54) is 0 Å². The Bertz CT molecular complexity index is 461. The molecule has 2 atom stereocenters. The number of hydrogen-bond acceptors (Lipinski definition) is 3. The van der Waals surface area contributed by atoms with Crippen LogP contribution in [0.1, 0.15) is 24.3 Å². The van der Waals surface area contributed by atoms with E-state index < -0.39 is 24.7 Å². The zero-order chi connectivity index (χ0) is 14.9. The fourth-order valence-electron chi connectivity index (χ4n) is 2.47. The number of hydrogen-bond donors (Lipinski definition) is 0. The molecule has 1 fully saturated rings. The Kier molecular flexibility index (Phi) is 4.39. The van der Waals surface area contributed by atoms with Crippen LogP contribution in [-0.2, 0) is 4.79 Å². The molecule has 1 aromatic heterocycles. The summed E-state index contributed by atoms with van der Waals surface area (Å²) in [5, 5.41) is 1.95. The smallest absolute Gasteiger partial charge is 0.332 e. The van der Waals surface area contributed by atoms with Gasteiger partial charge in [-0.25, -0.2) is 0 Å². The fraction of sp³-hybridized carbons (Fsp3) is 0.615. The Labute approximate surface area is 120 Å². The van der Waals surface area contributed by atoms with E-state index in [2.05, 4.69) is 0 Å². The number of alkyl halides is 3. The minimum Gasteiger partial charge on any atom is -0.332 e. The van der Waals surface area contributed by atoms with E-state index >= 15 is 0 Å². The van der Waals surface area contributed by atoms with Crippen LogP contribution in [-0.4, -0.2) is 48.1 Å². The van der Waals surface area contributed by atoms with Gasteiger partial charge in [0.1, 0.15) is 6.54 Å². The molecule has 1 aromatic rings. The highest BCUT2D eigenvalue weighted by molar-refractivity contribution is 7.10. The van der Waals surface area contributed by atoms with Gasteiger partial charge in [0.2, 0.25) is 5.91 Å². The number of likely N-dealkylation sites (tertiary alicyclic amines) is 1. The molecule has 2 heterocycles. The highest BCUT2D eigenvalue weighted by Crippen LogP contribution is 2.29. The third-order valence-corrected chi connectivity index (χ3v) is 4.74. The number of rotatable bonds is 4. The Morgan fingerprint density at radius 1 is 1.55 bits per heavy atom. The minimum absolute atomic E-state index is 0.0230. The molecule has 0 N–H and O–H groups in total. The zero-order valence-corrected chi connectivity index (χ0v) is 12.2. The first-order valence-electron chi connectivity index (χ1n) is 6.40. The lowest BCUT2D eigenvalue weighted by Gasteiger charge is -2.29. The standard InChI is InChI=1S/C13H17F3N2OS/c1-9(11-4-3-7-20-11)17(2)10-5-6-18(12(10)19)8-13(14,15)16/h3-4,7,9-10H,5-6,8H2,1-2H3/t9-,10+/m0/s1. The minimum atomic E-state index is -4.33. The molecule has 0 radical (unpaired) electrons. The maximum Gasteiger partial charge on any atom is 0.406 e. The number of halogens is 3. The van der Waals surface area contributed by atoms with Crippen molar-refractivity contribution < 1.29 is 18.0 Å². The summed E-state index contributed by atoms with van der Waals surface area (Å²) in [6.07, 6.45) is -3.89. The van der Waals surface area contributed by atoms with E-state index in [1.54, 1.807) is 18.4 Å². The first kappa shape index (κ1) is 15.3. The highest BCUT2D eigenvalue weighted by Gasteiger charge is 2.41. The van der Waals surface area contributed by atoms with Crippen molar-refractivity contribution in [3.05, 3.63) is 22.4 Å². The summed E-state index contributed by atoms with van der Waals surface area (Å²) in [7, 11) is 1.80. The van der Waals surface area contributed by atoms with Crippen LogP contribution in [0.15, 0.2) is 17.5 Å². The van der Waals surface area contributed by atoms with E-state index in [0.29, 0.717) is 6.42 Å². The van der Waals surface area contributed by atoms with Crippen molar-refractivity contribution in [2.24, 2.45) is 0 Å². The molecule has 112 valence electrons. The van der Waals surface area contributed by atoms with Gasteiger partial charge in [0.05, 0.1) is 6.04 Å². The number of likely N-dealkylation sites (N-methyl/N-ethyl adjacent to an activating group) is 1. The van der Waals surface area contributed by atoms with Crippen molar-refractivity contribution in [3.63, 3.8) is 0 Å². The predicted molar refractivity (Wildman–Crippen MR) is 71.5 cm³/mol. The molecule has 0 saturated carbocycles. The molecule has 2 rings (SSSR count). The number of carbonyl (C=O) groups is 1. The van der Waals surface area contributed by atoms with Gasteiger partial charge in [-0.2, -0.15) is 13.2 Å². The van der Waals surface area contributed by atoms with Crippen molar-refractivity contribution in [3.8, 4) is 0 Å². The van der Waals surface area contributed by atoms with E-state index in [4.69, 9.17) is 0 Å². The number of amides is 1. The quantitative estimate of drug-likeness (QED) is 0.854. The summed E-state index contributed by atoms with van der Waals surface area (Å²) in [4.78, 5) is 16.0. The normalized spacial score (nSPS) is 21.8. The molecule has 0 spiro atoms. The summed E-state index contributed by atoms with van der Waals surface area (Å²) in [6.45, 7) is 0.986. The van der Waals surface area contributed by atoms with Crippen LogP contribution >= 0.6 is 11.3 Å². The second-order valence-corrected chi connectivity index (χ2v) is 6.02. The van der Waals surface area contributed by atoms with Crippen LogP contribution in [0.3, 0.4) is 0 Å². The monoisotopic (exact) mass is 306 g/mol. The van der Waals surface area contributed by atoms with Gasteiger partial charge in [0, 0.05) is 17.5 Å². The molecule has 0 bridgehead atoms. The lowest BCUT2D eigenvalue weighted by molar-refractivity contribution is -0.159. The highest BCUT2D eigenvalue weighted by atomic mass is 32.1. The van der Waals surface area contributed by atoms with Crippen molar-refractivity contribution in [1.82, 2.24) is 9.80 Å². The van der Waals surface area contributed by atoms with Gasteiger partial charge in [-0.3, -0.25) is 9.69 Å². The van der Waals surface area contributed by atoms with Gasteiger partial charge < -0.3 is 4.90 Å². The molecule has 0 aromatic carbocycles. The van der Waals surface area contributed by atoms with Crippen LogP contribution in [0.5, 0.6) is 0 Å². The second-order valence-electron chi connectivity index (χ2n) is 5.04. The number of carbonyl (C=O) groups excluding carboxylic acids is 1. The molecule has 0 aliphatic carbocycles. The molecule has 1 aliphatic rings. The van der Waals surface area contributed by atoms with Gasteiger partial charge >= 0.3 is 6.18 Å². The molecular formula is C13H17F3N2OS. The van der Waals surface area contributed by atoms with Gasteiger partial charge in [0.15, 0.2) is 0 Å². The molecule has 0 unspecified atom stereocenters. The molecule has 7 heteroatoms. The maximum absolute atomic E-state index is 12.4. The summed E-state index contributed by atoms with van der Waals surface area (Å²) in [5.41, 5.74) is 0. The third-order valence-electron chi connectivity index (χ3n) is 3.70. The second kappa shape index (κ2) is 5.73. The lowest BCUT2D eigenvalue weighted by Crippen LogP contribution is -2.43. The summed E-state index contributed by atoms with van der Waals surface area (Å²) in [5.74, 6) is -0.423. The Morgan fingerprint density at radius 3 is 2.80 bits per heavy atom. The summed E-state index contributed by atoms with van der Waals surface area (Å²) >= 11 is 1.58. The maximum atomic E-state index is 12.4. The van der Waals surface area contributed by atoms with Crippen LogP contribution in [0.4, 0.5) is 13.2 Å². The predicted octanol–water partition coefficient (Wildman–Crippen LogP) is 2.90. The van der Waals surface area contributed by atoms with Crippen molar-refractivity contribution in [2.75, 3.05) is 20.1 Å². The van der Waals surface area contributed by atoms with Gasteiger partial charge in [-0.15, -0.1) is 11.3 Å². The van der Waals surface area contributed by atoms with Crippen molar-refractivity contribution >= 4 is 17.2 Å².